The Hall–Kier alpha value is -1.52. The number of hydrogen-bond acceptors (Lipinski definition) is 3. The molecule has 0 spiro atoms. The van der Waals surface area contributed by atoms with Gasteiger partial charge in [-0.05, 0) is 48.2 Å². The molecular weight excluding hydrogens is 308 g/mol. The number of fused-ring (bicyclic) bond motifs is 1. The standard InChI is InChI=1S/C16H15ClO3S/c1-11-8-14(21(17,18)19)6-7-16(11)20-10-13-9-12-4-2-3-5-15(12)13/h2-8,13H,9-10H2,1H3. The third-order valence-corrected chi connectivity index (χ3v) is 5.18. The summed E-state index contributed by atoms with van der Waals surface area (Å²) < 4.78 is 28.4. The fraction of sp³-hybridized carbons (Fsp3) is 0.250. The van der Waals surface area contributed by atoms with Gasteiger partial charge < -0.3 is 4.74 Å². The van der Waals surface area contributed by atoms with Gasteiger partial charge in [0, 0.05) is 16.6 Å². The highest BCUT2D eigenvalue weighted by molar-refractivity contribution is 8.13. The van der Waals surface area contributed by atoms with Gasteiger partial charge in [-0.15, -0.1) is 0 Å². The van der Waals surface area contributed by atoms with Crippen molar-refractivity contribution in [3.8, 4) is 5.75 Å². The first kappa shape index (κ1) is 14.4. The van der Waals surface area contributed by atoms with Gasteiger partial charge in [0.15, 0.2) is 0 Å². The molecule has 2 aromatic carbocycles. The molecule has 1 aliphatic rings. The molecule has 1 atom stereocenters. The summed E-state index contributed by atoms with van der Waals surface area (Å²) in [5.41, 5.74) is 3.49. The first-order valence-electron chi connectivity index (χ1n) is 6.71. The summed E-state index contributed by atoms with van der Waals surface area (Å²) in [4.78, 5) is 0.100. The smallest absolute Gasteiger partial charge is 0.261 e. The van der Waals surface area contributed by atoms with Crippen molar-refractivity contribution in [2.45, 2.75) is 24.2 Å². The fourth-order valence-corrected chi connectivity index (χ4v) is 3.47. The Morgan fingerprint density at radius 3 is 2.67 bits per heavy atom. The second kappa shape index (κ2) is 5.35. The van der Waals surface area contributed by atoms with Crippen LogP contribution in [0, 0.1) is 6.92 Å². The van der Waals surface area contributed by atoms with E-state index in [9.17, 15) is 8.42 Å². The lowest BCUT2D eigenvalue weighted by atomic mass is 9.78. The zero-order chi connectivity index (χ0) is 15.0. The molecular formula is C16H15ClO3S. The van der Waals surface area contributed by atoms with Crippen LogP contribution in [-0.2, 0) is 15.5 Å². The number of benzene rings is 2. The van der Waals surface area contributed by atoms with E-state index in [0.29, 0.717) is 18.3 Å². The van der Waals surface area contributed by atoms with Crippen molar-refractivity contribution in [3.05, 3.63) is 59.2 Å². The van der Waals surface area contributed by atoms with Crippen LogP contribution in [0.1, 0.15) is 22.6 Å². The van der Waals surface area contributed by atoms with Gasteiger partial charge in [0.25, 0.3) is 9.05 Å². The zero-order valence-corrected chi connectivity index (χ0v) is 13.1. The van der Waals surface area contributed by atoms with E-state index in [0.717, 1.165) is 12.0 Å². The first-order valence-corrected chi connectivity index (χ1v) is 9.02. The van der Waals surface area contributed by atoms with Crippen molar-refractivity contribution >= 4 is 19.7 Å². The Morgan fingerprint density at radius 1 is 1.24 bits per heavy atom. The number of ether oxygens (including phenoxy) is 1. The number of aryl methyl sites for hydroxylation is 1. The summed E-state index contributed by atoms with van der Waals surface area (Å²) in [5.74, 6) is 1.11. The predicted molar refractivity (Wildman–Crippen MR) is 82.6 cm³/mol. The topological polar surface area (TPSA) is 43.4 Å². The van der Waals surface area contributed by atoms with Crippen LogP contribution in [0.2, 0.25) is 0 Å². The lowest BCUT2D eigenvalue weighted by Gasteiger charge is -2.30. The fourth-order valence-electron chi connectivity index (χ4n) is 2.64. The maximum atomic E-state index is 11.3. The molecule has 3 rings (SSSR count). The Labute approximate surface area is 128 Å². The number of halogens is 1. The quantitative estimate of drug-likeness (QED) is 0.807. The van der Waals surface area contributed by atoms with Crippen LogP contribution >= 0.6 is 10.7 Å². The highest BCUT2D eigenvalue weighted by Gasteiger charge is 2.26. The van der Waals surface area contributed by atoms with Crippen molar-refractivity contribution < 1.29 is 13.2 Å². The predicted octanol–water partition coefficient (Wildman–Crippen LogP) is 3.64. The van der Waals surface area contributed by atoms with Crippen molar-refractivity contribution in [2.75, 3.05) is 6.61 Å². The van der Waals surface area contributed by atoms with E-state index >= 15 is 0 Å². The third kappa shape index (κ3) is 2.92. The molecule has 21 heavy (non-hydrogen) atoms. The van der Waals surface area contributed by atoms with E-state index < -0.39 is 9.05 Å². The highest BCUT2D eigenvalue weighted by atomic mass is 35.7. The molecule has 0 saturated carbocycles. The maximum absolute atomic E-state index is 11.3. The molecule has 0 aliphatic heterocycles. The Kier molecular flexibility index (Phi) is 3.68. The molecule has 0 amide bonds. The Morgan fingerprint density at radius 2 is 2.00 bits per heavy atom. The van der Waals surface area contributed by atoms with Crippen LogP contribution in [-0.4, -0.2) is 15.0 Å². The molecule has 0 aromatic heterocycles. The van der Waals surface area contributed by atoms with Crippen LogP contribution in [0.3, 0.4) is 0 Å². The summed E-state index contributed by atoms with van der Waals surface area (Å²) in [5, 5.41) is 0. The summed E-state index contributed by atoms with van der Waals surface area (Å²) >= 11 is 0. The second-order valence-electron chi connectivity index (χ2n) is 5.28. The lowest BCUT2D eigenvalue weighted by Crippen LogP contribution is -2.23. The third-order valence-electron chi connectivity index (χ3n) is 3.83. The van der Waals surface area contributed by atoms with E-state index in [1.165, 1.54) is 23.3 Å². The minimum atomic E-state index is -3.69. The van der Waals surface area contributed by atoms with Gasteiger partial charge in [-0.3, -0.25) is 0 Å². The summed E-state index contributed by atoms with van der Waals surface area (Å²) in [6.45, 7) is 2.42. The molecule has 3 nitrogen and oxygen atoms in total. The SMILES string of the molecule is Cc1cc(S(=O)(=O)Cl)ccc1OCC1Cc2ccccc21. The molecule has 0 heterocycles. The van der Waals surface area contributed by atoms with Crippen LogP contribution in [0.25, 0.3) is 0 Å². The van der Waals surface area contributed by atoms with E-state index in [4.69, 9.17) is 15.4 Å². The highest BCUT2D eigenvalue weighted by Crippen LogP contribution is 2.35. The molecule has 1 unspecified atom stereocenters. The van der Waals surface area contributed by atoms with Crippen molar-refractivity contribution in [2.24, 2.45) is 0 Å². The van der Waals surface area contributed by atoms with E-state index in [2.05, 4.69) is 12.1 Å². The molecule has 0 saturated heterocycles. The molecule has 1 aliphatic carbocycles. The average molecular weight is 323 g/mol. The van der Waals surface area contributed by atoms with Crippen LogP contribution in [0.5, 0.6) is 5.75 Å². The summed E-state index contributed by atoms with van der Waals surface area (Å²) in [7, 11) is 1.64. The number of rotatable bonds is 4. The van der Waals surface area contributed by atoms with Crippen molar-refractivity contribution in [1.29, 1.82) is 0 Å². The Bertz CT molecular complexity index is 784. The lowest BCUT2D eigenvalue weighted by molar-refractivity contribution is 0.273. The maximum Gasteiger partial charge on any atom is 0.261 e. The summed E-state index contributed by atoms with van der Waals surface area (Å²) in [6, 6.07) is 13.0. The van der Waals surface area contributed by atoms with Crippen molar-refractivity contribution in [1.82, 2.24) is 0 Å². The van der Waals surface area contributed by atoms with Gasteiger partial charge in [-0.1, -0.05) is 24.3 Å². The second-order valence-corrected chi connectivity index (χ2v) is 7.84. The minimum Gasteiger partial charge on any atom is -0.493 e. The summed E-state index contributed by atoms with van der Waals surface area (Å²) in [6.07, 6.45) is 1.03. The molecule has 110 valence electrons. The normalized spacial score (nSPS) is 17.0. The largest absolute Gasteiger partial charge is 0.493 e. The minimum absolute atomic E-state index is 0.100. The van der Waals surface area contributed by atoms with Gasteiger partial charge in [0.1, 0.15) is 5.75 Å². The molecule has 2 aromatic rings. The van der Waals surface area contributed by atoms with Crippen LogP contribution < -0.4 is 4.74 Å². The first-order chi connectivity index (χ1) is 9.95. The van der Waals surface area contributed by atoms with Gasteiger partial charge >= 0.3 is 0 Å². The van der Waals surface area contributed by atoms with E-state index in [1.54, 1.807) is 6.07 Å². The van der Waals surface area contributed by atoms with Gasteiger partial charge in [-0.2, -0.15) is 0 Å². The number of hydrogen-bond donors (Lipinski definition) is 0. The van der Waals surface area contributed by atoms with E-state index in [1.807, 2.05) is 19.1 Å². The van der Waals surface area contributed by atoms with Crippen molar-refractivity contribution in [3.63, 3.8) is 0 Å². The van der Waals surface area contributed by atoms with Gasteiger partial charge in [0.2, 0.25) is 0 Å². The molecule has 0 N–H and O–H groups in total. The van der Waals surface area contributed by atoms with Crippen LogP contribution in [0.15, 0.2) is 47.4 Å². The van der Waals surface area contributed by atoms with Crippen LogP contribution in [0.4, 0.5) is 0 Å². The van der Waals surface area contributed by atoms with E-state index in [-0.39, 0.29) is 4.90 Å². The monoisotopic (exact) mass is 322 g/mol. The zero-order valence-electron chi connectivity index (χ0n) is 11.5. The molecule has 5 heteroatoms. The molecule has 0 fully saturated rings. The van der Waals surface area contributed by atoms with Gasteiger partial charge in [0.05, 0.1) is 11.5 Å². The molecule has 0 bridgehead atoms. The Balaban J connectivity index is 1.70. The van der Waals surface area contributed by atoms with Gasteiger partial charge in [-0.25, -0.2) is 8.42 Å². The average Bonchev–Trinajstić information content (AvgIpc) is 2.40. The molecule has 0 radical (unpaired) electrons.